The average molecular weight is 283 g/mol. The van der Waals surface area contributed by atoms with Gasteiger partial charge in [0.2, 0.25) is 0 Å². The highest BCUT2D eigenvalue weighted by molar-refractivity contribution is 6.30. The highest BCUT2D eigenvalue weighted by Gasteiger charge is 2.04. The van der Waals surface area contributed by atoms with Gasteiger partial charge in [0, 0.05) is 10.6 Å². The van der Waals surface area contributed by atoms with Gasteiger partial charge in [-0.1, -0.05) is 23.2 Å². The van der Waals surface area contributed by atoms with E-state index in [9.17, 15) is 4.79 Å². The first-order valence-electron chi connectivity index (χ1n) is 4.96. The van der Waals surface area contributed by atoms with Crippen molar-refractivity contribution in [2.75, 3.05) is 5.43 Å². The van der Waals surface area contributed by atoms with Crippen LogP contribution in [0, 0.1) is 0 Å². The first-order valence-corrected chi connectivity index (χ1v) is 5.72. The minimum Gasteiger partial charge on any atom is -0.280 e. The second kappa shape index (κ2) is 5.66. The van der Waals surface area contributed by atoms with Crippen LogP contribution in [0.25, 0.3) is 0 Å². The van der Waals surface area contributed by atoms with E-state index in [1.807, 2.05) is 0 Å². The van der Waals surface area contributed by atoms with Gasteiger partial charge in [0.1, 0.15) is 0 Å². The van der Waals surface area contributed by atoms with Gasteiger partial charge in [-0.25, -0.2) is 0 Å². The summed E-state index contributed by atoms with van der Waals surface area (Å²) in [5.41, 5.74) is 5.58. The predicted octanol–water partition coefficient (Wildman–Crippen LogP) is 2.54. The summed E-state index contributed by atoms with van der Waals surface area (Å²) < 4.78 is 0. The summed E-state index contributed by atoms with van der Waals surface area (Å²) in [7, 11) is 0. The minimum atomic E-state index is -0.302. The molecule has 5 nitrogen and oxygen atoms in total. The fourth-order valence-corrected chi connectivity index (χ4v) is 1.40. The van der Waals surface area contributed by atoms with Crippen LogP contribution < -0.4 is 10.9 Å². The van der Waals surface area contributed by atoms with Gasteiger partial charge < -0.3 is 0 Å². The number of carbonyl (C=O) groups is 1. The Balaban J connectivity index is 1.96. The maximum Gasteiger partial charge on any atom is 0.269 e. The van der Waals surface area contributed by atoms with Crippen LogP contribution in [-0.4, -0.2) is 16.1 Å². The van der Waals surface area contributed by atoms with Crippen molar-refractivity contribution in [3.05, 3.63) is 52.1 Å². The Morgan fingerprint density at radius 3 is 2.33 bits per heavy atom. The molecular weight excluding hydrogens is 275 g/mol. The van der Waals surface area contributed by atoms with Crippen molar-refractivity contribution >= 4 is 34.9 Å². The van der Waals surface area contributed by atoms with E-state index in [1.54, 1.807) is 36.4 Å². The lowest BCUT2D eigenvalue weighted by molar-refractivity contribution is 0.0962. The Labute approximate surface area is 113 Å². The molecule has 0 aliphatic rings. The van der Waals surface area contributed by atoms with Crippen molar-refractivity contribution < 1.29 is 4.79 Å². The fraction of sp³-hybridized carbons (Fsp3) is 0. The van der Waals surface area contributed by atoms with Gasteiger partial charge in [-0.3, -0.25) is 15.6 Å². The lowest BCUT2D eigenvalue weighted by Crippen LogP contribution is -2.29. The molecule has 0 radical (unpaired) electrons. The molecule has 0 saturated heterocycles. The van der Waals surface area contributed by atoms with Crippen LogP contribution in [0.5, 0.6) is 0 Å². The Hall–Kier alpha value is -1.85. The smallest absolute Gasteiger partial charge is 0.269 e. The molecule has 18 heavy (non-hydrogen) atoms. The predicted molar refractivity (Wildman–Crippen MR) is 69.6 cm³/mol. The number of nitrogens with one attached hydrogen (secondary N) is 2. The largest absolute Gasteiger partial charge is 0.280 e. The van der Waals surface area contributed by atoms with Gasteiger partial charge in [-0.2, -0.15) is 0 Å². The minimum absolute atomic E-state index is 0.282. The summed E-state index contributed by atoms with van der Waals surface area (Å²) in [6, 6.07) is 9.67. The van der Waals surface area contributed by atoms with Gasteiger partial charge in [-0.05, 0) is 36.4 Å². The molecule has 2 aromatic rings. The number of anilines is 1. The second-order valence-electron chi connectivity index (χ2n) is 3.33. The summed E-state index contributed by atoms with van der Waals surface area (Å²) in [6.45, 7) is 0. The molecule has 2 N–H and O–H groups in total. The molecule has 92 valence electrons. The fourth-order valence-electron chi connectivity index (χ4n) is 1.18. The zero-order chi connectivity index (χ0) is 13.0. The van der Waals surface area contributed by atoms with Crippen LogP contribution in [-0.2, 0) is 0 Å². The molecular formula is C11H8Cl2N4O. The normalized spacial score (nSPS) is 9.89. The maximum atomic E-state index is 11.7. The zero-order valence-electron chi connectivity index (χ0n) is 9.02. The van der Waals surface area contributed by atoms with Crippen molar-refractivity contribution in [2.24, 2.45) is 0 Å². The van der Waals surface area contributed by atoms with Crippen molar-refractivity contribution in [2.45, 2.75) is 0 Å². The van der Waals surface area contributed by atoms with E-state index in [4.69, 9.17) is 23.2 Å². The topological polar surface area (TPSA) is 66.9 Å². The molecule has 0 atom stereocenters. The standard InChI is InChI=1S/C11H8Cl2N4O/c12-8-3-1-7(2-4-8)11(18)17-16-10-6-5-9(13)14-15-10/h1-6H,(H,15,16)(H,17,18). The van der Waals surface area contributed by atoms with Gasteiger partial charge in [0.05, 0.1) is 0 Å². The average Bonchev–Trinajstić information content (AvgIpc) is 2.38. The lowest BCUT2D eigenvalue weighted by atomic mass is 10.2. The van der Waals surface area contributed by atoms with E-state index in [-0.39, 0.29) is 11.1 Å². The number of nitrogens with zero attached hydrogens (tertiary/aromatic N) is 2. The van der Waals surface area contributed by atoms with Gasteiger partial charge in [-0.15, -0.1) is 10.2 Å². The first-order chi connectivity index (χ1) is 8.65. The summed E-state index contributed by atoms with van der Waals surface area (Å²) in [5.74, 6) is 0.0881. The van der Waals surface area contributed by atoms with Gasteiger partial charge >= 0.3 is 0 Å². The Morgan fingerprint density at radius 2 is 1.72 bits per heavy atom. The first kappa shape index (κ1) is 12.6. The number of halogens is 2. The number of hydrazine groups is 1. The van der Waals surface area contributed by atoms with Crippen LogP contribution in [0.3, 0.4) is 0 Å². The molecule has 0 aliphatic carbocycles. The van der Waals surface area contributed by atoms with E-state index in [1.165, 1.54) is 0 Å². The number of benzene rings is 1. The molecule has 0 saturated carbocycles. The van der Waals surface area contributed by atoms with E-state index >= 15 is 0 Å². The summed E-state index contributed by atoms with van der Waals surface area (Å²) in [4.78, 5) is 11.7. The highest BCUT2D eigenvalue weighted by Crippen LogP contribution is 2.09. The van der Waals surface area contributed by atoms with Gasteiger partial charge in [0.25, 0.3) is 5.91 Å². The van der Waals surface area contributed by atoms with Crippen molar-refractivity contribution in [1.29, 1.82) is 0 Å². The molecule has 0 bridgehead atoms. The highest BCUT2D eigenvalue weighted by atomic mass is 35.5. The molecule has 1 amide bonds. The van der Waals surface area contributed by atoms with Crippen LogP contribution >= 0.6 is 23.2 Å². The van der Waals surface area contributed by atoms with E-state index in [0.29, 0.717) is 16.4 Å². The Morgan fingerprint density at radius 1 is 1.00 bits per heavy atom. The Bertz CT molecular complexity index is 542. The van der Waals surface area contributed by atoms with Crippen LogP contribution in [0.2, 0.25) is 10.2 Å². The number of carbonyl (C=O) groups excluding carboxylic acids is 1. The monoisotopic (exact) mass is 282 g/mol. The van der Waals surface area contributed by atoms with Crippen molar-refractivity contribution in [3.8, 4) is 0 Å². The summed E-state index contributed by atoms with van der Waals surface area (Å²) in [6.07, 6.45) is 0. The molecule has 1 aromatic carbocycles. The van der Waals surface area contributed by atoms with E-state index in [0.717, 1.165) is 0 Å². The number of hydrogen-bond acceptors (Lipinski definition) is 4. The number of amides is 1. The molecule has 2 rings (SSSR count). The van der Waals surface area contributed by atoms with Crippen LogP contribution in [0.15, 0.2) is 36.4 Å². The molecule has 0 aliphatic heterocycles. The van der Waals surface area contributed by atoms with Crippen LogP contribution in [0.1, 0.15) is 10.4 Å². The van der Waals surface area contributed by atoms with E-state index < -0.39 is 0 Å². The van der Waals surface area contributed by atoms with Crippen molar-refractivity contribution in [1.82, 2.24) is 15.6 Å². The molecule has 7 heteroatoms. The quantitative estimate of drug-likeness (QED) is 0.849. The molecule has 1 heterocycles. The van der Waals surface area contributed by atoms with E-state index in [2.05, 4.69) is 21.0 Å². The third-order valence-corrected chi connectivity index (χ3v) is 2.50. The second-order valence-corrected chi connectivity index (χ2v) is 4.15. The SMILES string of the molecule is O=C(NNc1ccc(Cl)nn1)c1ccc(Cl)cc1. The third kappa shape index (κ3) is 3.32. The lowest BCUT2D eigenvalue weighted by Gasteiger charge is -2.06. The van der Waals surface area contributed by atoms with Crippen LogP contribution in [0.4, 0.5) is 5.82 Å². The molecule has 0 unspecified atom stereocenters. The summed E-state index contributed by atoms with van der Waals surface area (Å²) >= 11 is 11.3. The molecule has 1 aromatic heterocycles. The van der Waals surface area contributed by atoms with Crippen molar-refractivity contribution in [3.63, 3.8) is 0 Å². The summed E-state index contributed by atoms with van der Waals surface area (Å²) in [5, 5.41) is 8.21. The number of rotatable bonds is 3. The third-order valence-electron chi connectivity index (χ3n) is 2.04. The molecule has 0 spiro atoms. The maximum absolute atomic E-state index is 11.7. The number of hydrogen-bond donors (Lipinski definition) is 2. The molecule has 0 fully saturated rings. The number of aromatic nitrogens is 2. The zero-order valence-corrected chi connectivity index (χ0v) is 10.5. The van der Waals surface area contributed by atoms with Gasteiger partial charge in [0.15, 0.2) is 11.0 Å². The Kier molecular flexibility index (Phi) is 3.96.